The lowest BCUT2D eigenvalue weighted by molar-refractivity contribution is -0.138. The fourth-order valence-electron chi connectivity index (χ4n) is 3.71. The number of benzene rings is 1. The van der Waals surface area contributed by atoms with Gasteiger partial charge in [-0.1, -0.05) is 18.6 Å². The SMILES string of the molecule is Cc1cc(C[C@H](CCCCN[C@H](C)c2ccc(C(F)(F)F)cn2)C(=O)NO)cc(C)c1C. The number of hydrogen-bond acceptors (Lipinski definition) is 4. The van der Waals surface area contributed by atoms with Crippen LogP contribution >= 0.6 is 0 Å². The van der Waals surface area contributed by atoms with Gasteiger partial charge in [0.05, 0.1) is 11.3 Å². The van der Waals surface area contributed by atoms with Gasteiger partial charge in [-0.05, 0) is 87.9 Å². The summed E-state index contributed by atoms with van der Waals surface area (Å²) < 4.78 is 38.0. The van der Waals surface area contributed by atoms with Gasteiger partial charge in [0.15, 0.2) is 0 Å². The molecule has 32 heavy (non-hydrogen) atoms. The first-order chi connectivity index (χ1) is 15.0. The second-order valence-electron chi connectivity index (χ2n) is 8.37. The Morgan fingerprint density at radius 3 is 2.31 bits per heavy atom. The first kappa shape index (κ1) is 25.8. The predicted octanol–water partition coefficient (Wildman–Crippen LogP) is 5.21. The van der Waals surface area contributed by atoms with Gasteiger partial charge < -0.3 is 5.32 Å². The van der Waals surface area contributed by atoms with Crippen LogP contribution in [0, 0.1) is 26.7 Å². The van der Waals surface area contributed by atoms with Gasteiger partial charge >= 0.3 is 6.18 Å². The van der Waals surface area contributed by atoms with E-state index in [4.69, 9.17) is 5.21 Å². The van der Waals surface area contributed by atoms with Crippen molar-refractivity contribution >= 4 is 5.91 Å². The zero-order valence-electron chi connectivity index (χ0n) is 19.0. The second-order valence-corrected chi connectivity index (χ2v) is 8.37. The number of hydrogen-bond donors (Lipinski definition) is 3. The zero-order valence-corrected chi connectivity index (χ0v) is 19.0. The highest BCUT2D eigenvalue weighted by molar-refractivity contribution is 5.77. The van der Waals surface area contributed by atoms with Crippen LogP contribution < -0.4 is 10.8 Å². The first-order valence-electron chi connectivity index (χ1n) is 10.8. The van der Waals surface area contributed by atoms with Crippen LogP contribution in [0.5, 0.6) is 0 Å². The van der Waals surface area contributed by atoms with Crippen molar-refractivity contribution in [1.82, 2.24) is 15.8 Å². The molecule has 2 aromatic rings. The molecule has 0 saturated carbocycles. The minimum absolute atomic E-state index is 0.188. The molecule has 2 rings (SSSR count). The number of carbonyl (C=O) groups is 1. The van der Waals surface area contributed by atoms with Gasteiger partial charge in [-0.25, -0.2) is 5.48 Å². The Morgan fingerprint density at radius 2 is 1.78 bits per heavy atom. The van der Waals surface area contributed by atoms with E-state index in [-0.39, 0.29) is 12.0 Å². The average Bonchev–Trinajstić information content (AvgIpc) is 2.75. The number of aromatic nitrogens is 1. The Morgan fingerprint density at radius 1 is 1.12 bits per heavy atom. The Kier molecular flexibility index (Phi) is 9.21. The van der Waals surface area contributed by atoms with Crippen LogP contribution in [-0.4, -0.2) is 22.6 Å². The average molecular weight is 452 g/mol. The summed E-state index contributed by atoms with van der Waals surface area (Å²) in [6.07, 6.45) is -0.829. The van der Waals surface area contributed by atoms with Gasteiger partial charge in [0.1, 0.15) is 0 Å². The highest BCUT2D eigenvalue weighted by Gasteiger charge is 2.30. The molecule has 0 spiro atoms. The molecule has 0 saturated heterocycles. The van der Waals surface area contributed by atoms with Crippen molar-refractivity contribution in [3.05, 3.63) is 64.0 Å². The lowest BCUT2D eigenvalue weighted by atomic mass is 9.90. The summed E-state index contributed by atoms with van der Waals surface area (Å²) in [5, 5.41) is 12.4. The van der Waals surface area contributed by atoms with E-state index in [1.807, 2.05) is 20.8 Å². The van der Waals surface area contributed by atoms with Crippen LogP contribution in [0.15, 0.2) is 30.5 Å². The first-order valence-corrected chi connectivity index (χ1v) is 10.8. The van der Waals surface area contributed by atoms with Crippen molar-refractivity contribution in [2.45, 2.75) is 65.6 Å². The van der Waals surface area contributed by atoms with Gasteiger partial charge in [-0.2, -0.15) is 13.2 Å². The fourth-order valence-corrected chi connectivity index (χ4v) is 3.71. The Hall–Kier alpha value is -2.45. The standard InChI is InChI=1S/C24H32F3N3O2/c1-15-11-19(12-16(2)17(15)3)13-20(23(31)30-32)7-5-6-10-28-18(4)22-9-8-21(14-29-22)24(25,26)27/h8-9,11-12,14,18,20,28,32H,5-7,10,13H2,1-4H3,(H,30,31)/t18-,20+/m1/s1. The minimum atomic E-state index is -4.39. The summed E-state index contributed by atoms with van der Waals surface area (Å²) in [4.78, 5) is 16.1. The van der Waals surface area contributed by atoms with Crippen LogP contribution in [0.25, 0.3) is 0 Å². The predicted molar refractivity (Wildman–Crippen MR) is 117 cm³/mol. The molecule has 0 aliphatic rings. The normalized spacial score (nSPS) is 13.6. The molecule has 2 atom stereocenters. The van der Waals surface area contributed by atoms with Gasteiger partial charge in [-0.15, -0.1) is 0 Å². The second kappa shape index (κ2) is 11.4. The van der Waals surface area contributed by atoms with Crippen LogP contribution in [0.2, 0.25) is 0 Å². The van der Waals surface area contributed by atoms with Gasteiger partial charge in [0.25, 0.3) is 0 Å². The van der Waals surface area contributed by atoms with E-state index in [0.29, 0.717) is 25.1 Å². The topological polar surface area (TPSA) is 74.2 Å². The Bertz CT molecular complexity index is 875. The van der Waals surface area contributed by atoms with E-state index in [2.05, 4.69) is 29.4 Å². The molecule has 0 bridgehead atoms. The zero-order chi connectivity index (χ0) is 23.9. The highest BCUT2D eigenvalue weighted by Crippen LogP contribution is 2.29. The molecule has 1 amide bonds. The third-order valence-corrected chi connectivity index (χ3v) is 5.94. The molecule has 0 unspecified atom stereocenters. The Labute approximate surface area is 187 Å². The lowest BCUT2D eigenvalue weighted by Gasteiger charge is -2.17. The third-order valence-electron chi connectivity index (χ3n) is 5.94. The van der Waals surface area contributed by atoms with Crippen molar-refractivity contribution in [2.75, 3.05) is 6.54 Å². The number of carbonyl (C=O) groups excluding carboxylic acids is 1. The molecular weight excluding hydrogens is 419 g/mol. The maximum absolute atomic E-state index is 12.7. The number of alkyl halides is 3. The number of aryl methyl sites for hydroxylation is 2. The molecule has 0 fully saturated rings. The van der Waals surface area contributed by atoms with E-state index in [9.17, 15) is 18.0 Å². The summed E-state index contributed by atoms with van der Waals surface area (Å²) >= 11 is 0. The van der Waals surface area contributed by atoms with Crippen molar-refractivity contribution in [2.24, 2.45) is 5.92 Å². The van der Waals surface area contributed by atoms with E-state index in [1.165, 1.54) is 22.8 Å². The minimum Gasteiger partial charge on any atom is -0.309 e. The number of halogens is 3. The summed E-state index contributed by atoms with van der Waals surface area (Å²) in [6, 6.07) is 6.40. The number of amides is 1. The monoisotopic (exact) mass is 451 g/mol. The van der Waals surface area contributed by atoms with Crippen LogP contribution in [0.4, 0.5) is 13.2 Å². The summed E-state index contributed by atoms with van der Waals surface area (Å²) in [7, 11) is 0. The molecule has 1 aromatic heterocycles. The number of hydroxylamine groups is 1. The van der Waals surface area contributed by atoms with Crippen molar-refractivity contribution in [3.63, 3.8) is 0 Å². The van der Waals surface area contributed by atoms with Crippen molar-refractivity contribution in [1.29, 1.82) is 0 Å². The third kappa shape index (κ3) is 7.31. The summed E-state index contributed by atoms with van der Waals surface area (Å²) in [5.41, 5.74) is 6.22. The molecule has 0 radical (unpaired) electrons. The van der Waals surface area contributed by atoms with Gasteiger partial charge in [-0.3, -0.25) is 15.0 Å². The van der Waals surface area contributed by atoms with Crippen LogP contribution in [0.1, 0.15) is 65.7 Å². The smallest absolute Gasteiger partial charge is 0.309 e. The van der Waals surface area contributed by atoms with E-state index in [0.717, 1.165) is 30.7 Å². The summed E-state index contributed by atoms with van der Waals surface area (Å²) in [6.45, 7) is 8.65. The van der Waals surface area contributed by atoms with Crippen molar-refractivity contribution in [3.8, 4) is 0 Å². The number of pyridine rings is 1. The molecule has 1 aromatic carbocycles. The van der Waals surface area contributed by atoms with E-state index < -0.39 is 17.6 Å². The van der Waals surface area contributed by atoms with Crippen molar-refractivity contribution < 1.29 is 23.2 Å². The fraction of sp³-hybridized carbons (Fsp3) is 0.500. The molecule has 1 heterocycles. The number of unbranched alkanes of at least 4 members (excludes halogenated alkanes) is 1. The molecule has 3 N–H and O–H groups in total. The number of nitrogens with one attached hydrogen (secondary N) is 2. The number of nitrogens with zero attached hydrogens (tertiary/aromatic N) is 1. The molecule has 176 valence electrons. The Balaban J connectivity index is 1.83. The molecule has 5 nitrogen and oxygen atoms in total. The summed E-state index contributed by atoms with van der Waals surface area (Å²) in [5.74, 6) is -0.730. The van der Waals surface area contributed by atoms with Gasteiger partial charge in [0, 0.05) is 18.2 Å². The molecule has 0 aliphatic carbocycles. The highest BCUT2D eigenvalue weighted by atomic mass is 19.4. The van der Waals surface area contributed by atoms with E-state index >= 15 is 0 Å². The van der Waals surface area contributed by atoms with Gasteiger partial charge in [0.2, 0.25) is 5.91 Å². The molecule has 0 aliphatic heterocycles. The molecule has 8 heteroatoms. The quantitative estimate of drug-likeness (QED) is 0.263. The lowest BCUT2D eigenvalue weighted by Crippen LogP contribution is -2.29. The maximum atomic E-state index is 12.7. The molecular formula is C24H32F3N3O2. The number of rotatable bonds is 10. The maximum Gasteiger partial charge on any atom is 0.417 e. The van der Waals surface area contributed by atoms with Crippen LogP contribution in [0.3, 0.4) is 0 Å². The van der Waals surface area contributed by atoms with Crippen LogP contribution in [-0.2, 0) is 17.4 Å². The largest absolute Gasteiger partial charge is 0.417 e. The van der Waals surface area contributed by atoms with E-state index in [1.54, 1.807) is 5.48 Å².